The summed E-state index contributed by atoms with van der Waals surface area (Å²) in [5, 5.41) is 2.92. The Bertz CT molecular complexity index is 1060. The van der Waals surface area contributed by atoms with E-state index in [-0.39, 0.29) is 5.91 Å². The van der Waals surface area contributed by atoms with Gasteiger partial charge in [-0.3, -0.25) is 4.79 Å². The Balaban J connectivity index is 1.23. The average molecular weight is 385 g/mol. The molecule has 0 radical (unpaired) electrons. The SMILES string of the molecule is O=C(/C=C/c1ccc2c(c1)CCO2)Nc1ccc(-c2cn3c(n2)CCCC3)cc1. The Morgan fingerprint density at radius 2 is 2.00 bits per heavy atom. The third-order valence-corrected chi connectivity index (χ3v) is 5.50. The first-order chi connectivity index (χ1) is 14.2. The monoisotopic (exact) mass is 385 g/mol. The summed E-state index contributed by atoms with van der Waals surface area (Å²) in [7, 11) is 0. The van der Waals surface area contributed by atoms with Crippen LogP contribution in [0.3, 0.4) is 0 Å². The van der Waals surface area contributed by atoms with Gasteiger partial charge in [0.2, 0.25) is 5.91 Å². The van der Waals surface area contributed by atoms with Gasteiger partial charge in [-0.05, 0) is 54.3 Å². The molecule has 2 aliphatic rings. The molecule has 2 aromatic carbocycles. The van der Waals surface area contributed by atoms with Crippen LogP contribution >= 0.6 is 0 Å². The van der Waals surface area contributed by atoms with E-state index < -0.39 is 0 Å². The van der Waals surface area contributed by atoms with Crippen molar-refractivity contribution in [2.45, 2.75) is 32.2 Å². The zero-order valence-corrected chi connectivity index (χ0v) is 16.2. The number of benzene rings is 2. The van der Waals surface area contributed by atoms with Crippen LogP contribution in [0.1, 0.15) is 29.8 Å². The second-order valence-corrected chi connectivity index (χ2v) is 7.56. The number of carbonyl (C=O) groups excluding carboxylic acids is 1. The van der Waals surface area contributed by atoms with E-state index in [0.717, 1.165) is 54.3 Å². The Hall–Kier alpha value is -3.34. The van der Waals surface area contributed by atoms with Crippen LogP contribution in [-0.4, -0.2) is 22.1 Å². The lowest BCUT2D eigenvalue weighted by molar-refractivity contribution is -0.111. The van der Waals surface area contributed by atoms with Gasteiger partial charge in [-0.2, -0.15) is 0 Å². The predicted octanol–water partition coefficient (Wildman–Crippen LogP) is 4.47. The maximum Gasteiger partial charge on any atom is 0.248 e. The smallest absolute Gasteiger partial charge is 0.248 e. The summed E-state index contributed by atoms with van der Waals surface area (Å²) in [6, 6.07) is 13.9. The standard InChI is InChI=1S/C24H23N3O2/c28-24(11-5-17-4-10-22-19(15-17)12-14-29-22)25-20-8-6-18(7-9-20)21-16-27-13-2-1-3-23(27)26-21/h4-11,15-16H,1-3,12-14H2,(H,25,28)/b11-5+. The van der Waals surface area contributed by atoms with Crippen LogP contribution in [0.25, 0.3) is 17.3 Å². The van der Waals surface area contributed by atoms with Crippen molar-refractivity contribution in [3.05, 3.63) is 71.7 Å². The van der Waals surface area contributed by atoms with Crippen molar-refractivity contribution in [2.75, 3.05) is 11.9 Å². The van der Waals surface area contributed by atoms with E-state index >= 15 is 0 Å². The number of nitrogens with zero attached hydrogens (tertiary/aromatic N) is 2. The molecule has 0 saturated heterocycles. The lowest BCUT2D eigenvalue weighted by Gasteiger charge is -2.11. The molecule has 0 aliphatic carbocycles. The molecular formula is C24H23N3O2. The summed E-state index contributed by atoms with van der Waals surface area (Å²) in [6.45, 7) is 1.79. The minimum absolute atomic E-state index is 0.146. The fraction of sp³-hybridized carbons (Fsp3) is 0.250. The second-order valence-electron chi connectivity index (χ2n) is 7.56. The molecule has 0 spiro atoms. The molecule has 0 saturated carbocycles. The van der Waals surface area contributed by atoms with Crippen LogP contribution < -0.4 is 10.1 Å². The molecule has 3 aromatic rings. The zero-order valence-electron chi connectivity index (χ0n) is 16.2. The van der Waals surface area contributed by atoms with Crippen molar-refractivity contribution in [2.24, 2.45) is 0 Å². The van der Waals surface area contributed by atoms with Crippen LogP contribution in [0.5, 0.6) is 5.75 Å². The van der Waals surface area contributed by atoms with Crippen LogP contribution in [0, 0.1) is 0 Å². The largest absolute Gasteiger partial charge is 0.493 e. The first-order valence-electron chi connectivity index (χ1n) is 10.2. The van der Waals surface area contributed by atoms with Gasteiger partial charge in [-0.1, -0.05) is 18.2 Å². The minimum atomic E-state index is -0.146. The molecule has 29 heavy (non-hydrogen) atoms. The molecule has 5 heteroatoms. The quantitative estimate of drug-likeness (QED) is 0.674. The molecule has 0 unspecified atom stereocenters. The van der Waals surface area contributed by atoms with Crippen molar-refractivity contribution in [1.82, 2.24) is 9.55 Å². The maximum absolute atomic E-state index is 12.3. The molecule has 1 amide bonds. The van der Waals surface area contributed by atoms with Gasteiger partial charge in [0.05, 0.1) is 12.3 Å². The summed E-state index contributed by atoms with van der Waals surface area (Å²) < 4.78 is 7.77. The normalized spacial score (nSPS) is 15.0. The molecule has 0 atom stereocenters. The Morgan fingerprint density at radius 3 is 2.86 bits per heavy atom. The first-order valence-corrected chi connectivity index (χ1v) is 10.2. The molecule has 5 nitrogen and oxygen atoms in total. The van der Waals surface area contributed by atoms with Crippen molar-refractivity contribution < 1.29 is 9.53 Å². The Kier molecular flexibility index (Phi) is 4.64. The van der Waals surface area contributed by atoms with Crippen LogP contribution in [0.15, 0.2) is 54.7 Å². The van der Waals surface area contributed by atoms with E-state index in [1.807, 2.05) is 42.5 Å². The number of ether oxygens (including phenoxy) is 1. The van der Waals surface area contributed by atoms with Crippen LogP contribution in [0.2, 0.25) is 0 Å². The molecule has 146 valence electrons. The number of hydrogen-bond acceptors (Lipinski definition) is 3. The molecule has 0 fully saturated rings. The number of imidazole rings is 1. The van der Waals surface area contributed by atoms with Crippen molar-refractivity contribution >= 4 is 17.7 Å². The van der Waals surface area contributed by atoms with Crippen molar-refractivity contribution in [3.63, 3.8) is 0 Å². The van der Waals surface area contributed by atoms with Gasteiger partial charge in [0.15, 0.2) is 0 Å². The number of hydrogen-bond donors (Lipinski definition) is 1. The Morgan fingerprint density at radius 1 is 1.10 bits per heavy atom. The van der Waals surface area contributed by atoms with E-state index in [1.165, 1.54) is 24.2 Å². The summed E-state index contributed by atoms with van der Waals surface area (Å²) in [4.78, 5) is 17.0. The van der Waals surface area contributed by atoms with E-state index in [1.54, 1.807) is 6.08 Å². The van der Waals surface area contributed by atoms with Gasteiger partial charge < -0.3 is 14.6 Å². The highest BCUT2D eigenvalue weighted by Crippen LogP contribution is 2.26. The highest BCUT2D eigenvalue weighted by Gasteiger charge is 2.13. The Labute approximate surface area is 170 Å². The van der Waals surface area contributed by atoms with E-state index in [9.17, 15) is 4.79 Å². The molecule has 1 aromatic heterocycles. The van der Waals surface area contributed by atoms with Crippen molar-refractivity contribution in [1.29, 1.82) is 0 Å². The molecule has 1 N–H and O–H groups in total. The second kappa shape index (κ2) is 7.59. The summed E-state index contributed by atoms with van der Waals surface area (Å²) in [5.41, 5.74) is 5.04. The number of aromatic nitrogens is 2. The van der Waals surface area contributed by atoms with E-state index in [4.69, 9.17) is 9.72 Å². The molecule has 0 bridgehead atoms. The average Bonchev–Trinajstić information content (AvgIpc) is 3.39. The molecule has 5 rings (SSSR count). The predicted molar refractivity (Wildman–Crippen MR) is 114 cm³/mol. The number of fused-ring (bicyclic) bond motifs is 2. The first kappa shape index (κ1) is 17.7. The number of anilines is 1. The molecular weight excluding hydrogens is 362 g/mol. The maximum atomic E-state index is 12.3. The lowest BCUT2D eigenvalue weighted by atomic mass is 10.1. The third-order valence-electron chi connectivity index (χ3n) is 5.50. The van der Waals surface area contributed by atoms with E-state index in [2.05, 4.69) is 22.1 Å². The minimum Gasteiger partial charge on any atom is -0.493 e. The molecule has 2 aliphatic heterocycles. The molecule has 3 heterocycles. The summed E-state index contributed by atoms with van der Waals surface area (Å²) >= 11 is 0. The van der Waals surface area contributed by atoms with Crippen LogP contribution in [0.4, 0.5) is 5.69 Å². The number of carbonyl (C=O) groups is 1. The van der Waals surface area contributed by atoms with Gasteiger partial charge in [0.25, 0.3) is 0 Å². The highest BCUT2D eigenvalue weighted by molar-refractivity contribution is 6.02. The lowest BCUT2D eigenvalue weighted by Crippen LogP contribution is -2.08. The van der Waals surface area contributed by atoms with Crippen molar-refractivity contribution in [3.8, 4) is 17.0 Å². The topological polar surface area (TPSA) is 56.1 Å². The number of aryl methyl sites for hydroxylation is 2. The van der Waals surface area contributed by atoms with Gasteiger partial charge in [0.1, 0.15) is 11.6 Å². The highest BCUT2D eigenvalue weighted by atomic mass is 16.5. The van der Waals surface area contributed by atoms with Gasteiger partial charge in [-0.15, -0.1) is 0 Å². The number of amides is 1. The third kappa shape index (κ3) is 3.81. The van der Waals surface area contributed by atoms with E-state index in [0.29, 0.717) is 0 Å². The fourth-order valence-corrected chi connectivity index (χ4v) is 3.94. The zero-order chi connectivity index (χ0) is 19.6. The summed E-state index contributed by atoms with van der Waals surface area (Å²) in [5.74, 6) is 1.98. The van der Waals surface area contributed by atoms with Gasteiger partial charge in [0, 0.05) is 42.9 Å². The number of rotatable bonds is 4. The fourth-order valence-electron chi connectivity index (χ4n) is 3.94. The van der Waals surface area contributed by atoms with Gasteiger partial charge in [-0.25, -0.2) is 4.98 Å². The van der Waals surface area contributed by atoms with Gasteiger partial charge >= 0.3 is 0 Å². The van der Waals surface area contributed by atoms with Crippen LogP contribution in [-0.2, 0) is 24.2 Å². The summed E-state index contributed by atoms with van der Waals surface area (Å²) in [6.07, 6.45) is 9.95. The number of nitrogens with one attached hydrogen (secondary N) is 1.